The molecule has 0 saturated carbocycles. The van der Waals surface area contributed by atoms with Gasteiger partial charge >= 0.3 is 17.9 Å². The Morgan fingerprint density at radius 1 is 0.322 bits per heavy atom. The molecule has 0 N–H and O–H groups in total. The fourth-order valence-corrected chi connectivity index (χ4v) is 7.49. The molecule has 1 atom stereocenters. The van der Waals surface area contributed by atoms with Gasteiger partial charge in [-0.1, -0.05) is 212 Å². The van der Waals surface area contributed by atoms with Gasteiger partial charge in [-0.3, -0.25) is 14.4 Å². The topological polar surface area (TPSA) is 78.9 Å². The van der Waals surface area contributed by atoms with Crippen molar-refractivity contribution in [1.29, 1.82) is 0 Å². The van der Waals surface area contributed by atoms with Gasteiger partial charge < -0.3 is 14.2 Å². The molecule has 0 amide bonds. The normalized spacial score (nSPS) is 12.1. The van der Waals surface area contributed by atoms with Crippen LogP contribution in [0.4, 0.5) is 0 Å². The summed E-state index contributed by atoms with van der Waals surface area (Å²) >= 11 is 0. The van der Waals surface area contributed by atoms with Gasteiger partial charge in [0.1, 0.15) is 13.2 Å². The lowest BCUT2D eigenvalue weighted by Gasteiger charge is -2.18. The summed E-state index contributed by atoms with van der Waals surface area (Å²) in [4.78, 5) is 37.9. The van der Waals surface area contributed by atoms with Crippen LogP contribution in [0, 0.1) is 0 Å². The van der Waals surface area contributed by atoms with E-state index in [1.165, 1.54) is 167 Å². The minimum Gasteiger partial charge on any atom is -0.462 e. The Hall–Kier alpha value is -2.11. The van der Waals surface area contributed by atoms with E-state index in [4.69, 9.17) is 14.2 Å². The second kappa shape index (κ2) is 48.6. The number of rotatable bonds is 47. The molecular weight excluding hydrogens is 733 g/mol. The Morgan fingerprint density at radius 2 is 0.559 bits per heavy atom. The zero-order chi connectivity index (χ0) is 43.0. The quantitative estimate of drug-likeness (QED) is 0.0263. The molecule has 6 heteroatoms. The van der Waals surface area contributed by atoms with Crippen LogP contribution >= 0.6 is 0 Å². The van der Waals surface area contributed by atoms with E-state index in [2.05, 4.69) is 45.1 Å². The van der Waals surface area contributed by atoms with E-state index in [9.17, 15) is 14.4 Å². The third kappa shape index (κ3) is 46.8. The van der Waals surface area contributed by atoms with Gasteiger partial charge in [-0.15, -0.1) is 0 Å². The van der Waals surface area contributed by atoms with Crippen LogP contribution in [0.3, 0.4) is 0 Å². The molecular formula is C53H98O6. The van der Waals surface area contributed by atoms with Gasteiger partial charge in [0.25, 0.3) is 0 Å². The fraction of sp³-hybridized carbons (Fsp3) is 0.868. The molecule has 0 rings (SSSR count). The fourth-order valence-electron chi connectivity index (χ4n) is 7.49. The first-order valence-corrected chi connectivity index (χ1v) is 25.8. The van der Waals surface area contributed by atoms with Crippen LogP contribution in [0.2, 0.25) is 0 Å². The zero-order valence-electron chi connectivity index (χ0n) is 39.5. The van der Waals surface area contributed by atoms with E-state index in [0.717, 1.165) is 70.6 Å². The molecule has 346 valence electrons. The van der Waals surface area contributed by atoms with Gasteiger partial charge in [0.2, 0.25) is 0 Å². The second-order valence-electron chi connectivity index (χ2n) is 17.4. The molecule has 0 spiro atoms. The third-order valence-electron chi connectivity index (χ3n) is 11.4. The summed E-state index contributed by atoms with van der Waals surface area (Å²) in [7, 11) is 0. The van der Waals surface area contributed by atoms with Crippen molar-refractivity contribution in [3.8, 4) is 0 Å². The Labute approximate surface area is 366 Å². The number of hydrogen-bond donors (Lipinski definition) is 0. The number of esters is 3. The molecule has 0 aliphatic heterocycles. The van der Waals surface area contributed by atoms with Crippen molar-refractivity contribution in [2.75, 3.05) is 13.2 Å². The zero-order valence-corrected chi connectivity index (χ0v) is 39.5. The molecule has 0 heterocycles. The lowest BCUT2D eigenvalue weighted by Crippen LogP contribution is -2.30. The maximum atomic E-state index is 12.8. The van der Waals surface area contributed by atoms with Crippen molar-refractivity contribution in [1.82, 2.24) is 0 Å². The average Bonchev–Trinajstić information content (AvgIpc) is 3.23. The van der Waals surface area contributed by atoms with Crippen LogP contribution in [0.5, 0.6) is 0 Å². The molecule has 0 aromatic heterocycles. The van der Waals surface area contributed by atoms with Crippen molar-refractivity contribution < 1.29 is 28.6 Å². The van der Waals surface area contributed by atoms with Crippen molar-refractivity contribution >= 4 is 17.9 Å². The van der Waals surface area contributed by atoms with Crippen molar-refractivity contribution in [3.05, 3.63) is 24.3 Å². The van der Waals surface area contributed by atoms with Crippen molar-refractivity contribution in [2.24, 2.45) is 0 Å². The number of carbonyl (C=O) groups is 3. The molecule has 0 aromatic rings. The summed E-state index contributed by atoms with van der Waals surface area (Å²) in [6, 6.07) is 0. The first-order chi connectivity index (χ1) is 29.0. The maximum Gasteiger partial charge on any atom is 0.306 e. The van der Waals surface area contributed by atoms with Gasteiger partial charge in [-0.25, -0.2) is 0 Å². The summed E-state index contributed by atoms with van der Waals surface area (Å²) in [5, 5.41) is 0. The molecule has 1 unspecified atom stereocenters. The highest BCUT2D eigenvalue weighted by atomic mass is 16.6. The van der Waals surface area contributed by atoms with Crippen molar-refractivity contribution in [3.63, 3.8) is 0 Å². The SMILES string of the molecule is CCCCC/C=C\CCCCCCCC(=O)OCC(COC(=O)CCCCCCCCCCCCCCCCCC)OC(=O)CCCCCCC/C=C\CCCCCC. The summed E-state index contributed by atoms with van der Waals surface area (Å²) in [5.41, 5.74) is 0. The monoisotopic (exact) mass is 831 g/mol. The van der Waals surface area contributed by atoms with Crippen LogP contribution in [0.1, 0.15) is 278 Å². The number of allylic oxidation sites excluding steroid dienone is 4. The molecule has 0 fully saturated rings. The number of unbranched alkanes of at least 4 members (excludes halogenated alkanes) is 32. The second-order valence-corrected chi connectivity index (χ2v) is 17.4. The van der Waals surface area contributed by atoms with Gasteiger partial charge in [-0.2, -0.15) is 0 Å². The van der Waals surface area contributed by atoms with E-state index in [-0.39, 0.29) is 31.1 Å². The standard InChI is InChI=1S/C53H98O6/c1-4-7-10-13-16-19-22-25-26-27-29-31-34-37-40-43-46-52(55)58-49-50(48-57-51(54)45-42-39-36-33-30-24-21-18-15-12-9-6-3)59-53(56)47-44-41-38-35-32-28-23-20-17-14-11-8-5-2/h18,20-21,23,50H,4-17,19,22,24-49H2,1-3H3/b21-18-,23-20-. The van der Waals surface area contributed by atoms with Crippen LogP contribution in [-0.4, -0.2) is 37.2 Å². The van der Waals surface area contributed by atoms with E-state index < -0.39 is 6.10 Å². The molecule has 0 saturated heterocycles. The Kier molecular flexibility index (Phi) is 46.8. The van der Waals surface area contributed by atoms with Gasteiger partial charge in [0, 0.05) is 19.3 Å². The van der Waals surface area contributed by atoms with Gasteiger partial charge in [0.05, 0.1) is 0 Å². The summed E-state index contributed by atoms with van der Waals surface area (Å²) < 4.78 is 16.8. The third-order valence-corrected chi connectivity index (χ3v) is 11.4. The highest BCUT2D eigenvalue weighted by Crippen LogP contribution is 2.16. The first-order valence-electron chi connectivity index (χ1n) is 25.8. The van der Waals surface area contributed by atoms with Crippen LogP contribution in [-0.2, 0) is 28.6 Å². The molecule has 0 aliphatic rings. The van der Waals surface area contributed by atoms with E-state index in [1.54, 1.807) is 0 Å². The highest BCUT2D eigenvalue weighted by molar-refractivity contribution is 5.71. The molecule has 59 heavy (non-hydrogen) atoms. The van der Waals surface area contributed by atoms with Crippen LogP contribution in [0.25, 0.3) is 0 Å². The van der Waals surface area contributed by atoms with Crippen molar-refractivity contribution in [2.45, 2.75) is 284 Å². The predicted molar refractivity (Wildman–Crippen MR) is 252 cm³/mol. The average molecular weight is 831 g/mol. The summed E-state index contributed by atoms with van der Waals surface area (Å²) in [6.07, 6.45) is 54.4. The lowest BCUT2D eigenvalue weighted by molar-refractivity contribution is -0.167. The van der Waals surface area contributed by atoms with E-state index >= 15 is 0 Å². The Morgan fingerprint density at radius 3 is 0.898 bits per heavy atom. The van der Waals surface area contributed by atoms with Crippen LogP contribution in [0.15, 0.2) is 24.3 Å². The molecule has 0 aromatic carbocycles. The molecule has 0 bridgehead atoms. The highest BCUT2D eigenvalue weighted by Gasteiger charge is 2.19. The van der Waals surface area contributed by atoms with E-state index in [1.807, 2.05) is 0 Å². The minimum absolute atomic E-state index is 0.0735. The number of ether oxygens (including phenoxy) is 3. The van der Waals surface area contributed by atoms with Crippen LogP contribution < -0.4 is 0 Å². The van der Waals surface area contributed by atoms with E-state index in [0.29, 0.717) is 19.3 Å². The molecule has 6 nitrogen and oxygen atoms in total. The smallest absolute Gasteiger partial charge is 0.306 e. The Balaban J connectivity index is 4.34. The lowest BCUT2D eigenvalue weighted by atomic mass is 10.0. The predicted octanol–water partition coefficient (Wildman–Crippen LogP) is 16.8. The first kappa shape index (κ1) is 56.9. The Bertz CT molecular complexity index is 958. The molecule has 0 radical (unpaired) electrons. The maximum absolute atomic E-state index is 12.8. The summed E-state index contributed by atoms with van der Waals surface area (Å²) in [5.74, 6) is -0.880. The number of hydrogen-bond acceptors (Lipinski definition) is 6. The van der Waals surface area contributed by atoms with Gasteiger partial charge in [-0.05, 0) is 70.6 Å². The minimum atomic E-state index is -0.773. The summed E-state index contributed by atoms with van der Waals surface area (Å²) in [6.45, 7) is 6.61. The number of carbonyl (C=O) groups excluding carboxylic acids is 3. The van der Waals surface area contributed by atoms with Gasteiger partial charge in [0.15, 0.2) is 6.10 Å². The largest absolute Gasteiger partial charge is 0.462 e. The molecule has 0 aliphatic carbocycles.